The van der Waals surface area contributed by atoms with Gasteiger partial charge in [-0.05, 0) is 13.0 Å². The summed E-state index contributed by atoms with van der Waals surface area (Å²) in [5.74, 6) is -0.359. The highest BCUT2D eigenvalue weighted by molar-refractivity contribution is 14.1. The number of hydrogen-bond donors (Lipinski definition) is 0. The Kier molecular flexibility index (Phi) is 3.88. The van der Waals surface area contributed by atoms with Gasteiger partial charge in [-0.3, -0.25) is 4.79 Å². The van der Waals surface area contributed by atoms with Crippen LogP contribution in [0.2, 0.25) is 0 Å². The highest BCUT2D eigenvalue weighted by atomic mass is 127. The maximum absolute atomic E-state index is 11.8. The lowest BCUT2D eigenvalue weighted by Gasteiger charge is -2.07. The maximum Gasteiger partial charge on any atom is 0.190 e. The molecule has 1 aromatic rings. The molecule has 0 heterocycles. The number of halogens is 1. The second kappa shape index (κ2) is 4.61. The van der Waals surface area contributed by atoms with Crippen molar-refractivity contribution in [1.82, 2.24) is 0 Å². The summed E-state index contributed by atoms with van der Waals surface area (Å²) in [6, 6.07) is 6.93. The zero-order valence-corrected chi connectivity index (χ0v) is 11.4. The van der Waals surface area contributed by atoms with E-state index in [1.165, 1.54) is 0 Å². The number of Topliss-reactive ketones (excluding diaryl/α,β-unsaturated/α-hetero) is 1. The molecule has 0 saturated heterocycles. The molecule has 5 heteroatoms. The van der Waals surface area contributed by atoms with E-state index in [-0.39, 0.29) is 5.78 Å². The lowest BCUT2D eigenvalue weighted by Crippen LogP contribution is -2.23. The summed E-state index contributed by atoms with van der Waals surface area (Å²) in [7, 11) is -3.33. The number of carbonyl (C=O) groups excluding carboxylic acids is 1. The van der Waals surface area contributed by atoms with Gasteiger partial charge < -0.3 is 0 Å². The van der Waals surface area contributed by atoms with Crippen molar-refractivity contribution in [2.45, 2.75) is 10.2 Å². The number of alkyl halides is 1. The second-order valence-electron chi connectivity index (χ2n) is 3.38. The van der Waals surface area contributed by atoms with E-state index < -0.39 is 13.1 Å². The minimum atomic E-state index is -3.33. The van der Waals surface area contributed by atoms with E-state index in [1.807, 2.05) is 13.0 Å². The molecule has 0 unspecified atom stereocenters. The first-order chi connectivity index (χ1) is 6.82. The third-order valence-corrected chi connectivity index (χ3v) is 6.19. The third kappa shape index (κ3) is 3.27. The molecule has 82 valence electrons. The molecule has 0 aliphatic carbocycles. The molecule has 0 fully saturated rings. The molecule has 0 spiro atoms. The summed E-state index contributed by atoms with van der Waals surface area (Å²) in [5.41, 5.74) is 1.39. The Morgan fingerprint density at radius 1 is 1.40 bits per heavy atom. The molecule has 3 nitrogen and oxygen atoms in total. The fraction of sp³-hybridized carbons (Fsp3) is 0.300. The Bertz CT molecular complexity index is 479. The van der Waals surface area contributed by atoms with Crippen LogP contribution in [0.1, 0.15) is 15.9 Å². The monoisotopic (exact) mass is 338 g/mol. The molecule has 0 aliphatic rings. The van der Waals surface area contributed by atoms with Gasteiger partial charge >= 0.3 is 0 Å². The van der Waals surface area contributed by atoms with Gasteiger partial charge in [0.2, 0.25) is 0 Å². The van der Waals surface area contributed by atoms with Gasteiger partial charge in [-0.25, -0.2) is 8.42 Å². The number of benzene rings is 1. The van der Waals surface area contributed by atoms with Crippen molar-refractivity contribution in [3.8, 4) is 0 Å². The molecular formula is C10H11IO3S. The quantitative estimate of drug-likeness (QED) is 0.481. The van der Waals surface area contributed by atoms with E-state index in [4.69, 9.17) is 0 Å². The van der Waals surface area contributed by atoms with E-state index in [0.717, 1.165) is 11.8 Å². The molecule has 0 saturated carbocycles. The normalized spacial score (nSPS) is 13.5. The molecule has 1 aromatic carbocycles. The molecule has 0 amide bonds. The van der Waals surface area contributed by atoms with E-state index in [1.54, 1.807) is 40.8 Å². The fourth-order valence-electron chi connectivity index (χ4n) is 1.12. The molecule has 0 bridgehead atoms. The number of carbonyl (C=O) groups is 1. The fourth-order valence-corrected chi connectivity index (χ4v) is 2.01. The van der Waals surface area contributed by atoms with E-state index >= 15 is 0 Å². The summed E-state index contributed by atoms with van der Waals surface area (Å²) < 4.78 is 21.4. The number of sulfone groups is 1. The average molecular weight is 338 g/mol. The Labute approximate surface area is 103 Å². The van der Waals surface area contributed by atoms with Gasteiger partial charge in [0.25, 0.3) is 0 Å². The molecule has 1 rings (SSSR count). The van der Waals surface area contributed by atoms with Crippen LogP contribution in [0.15, 0.2) is 24.3 Å². The summed E-state index contributed by atoms with van der Waals surface area (Å²) in [6.07, 6.45) is 1.07. The molecule has 0 aromatic heterocycles. The number of hydrogen-bond acceptors (Lipinski definition) is 3. The summed E-state index contributed by atoms with van der Waals surface area (Å²) in [4.78, 5) is 11.8. The predicted molar refractivity (Wildman–Crippen MR) is 68.2 cm³/mol. The highest BCUT2D eigenvalue weighted by Crippen LogP contribution is 2.16. The average Bonchev–Trinajstić information content (AvgIpc) is 2.14. The first-order valence-electron chi connectivity index (χ1n) is 4.26. The van der Waals surface area contributed by atoms with Crippen molar-refractivity contribution in [2.24, 2.45) is 0 Å². The second-order valence-corrected chi connectivity index (χ2v) is 7.60. The van der Waals surface area contributed by atoms with Gasteiger partial charge in [0, 0.05) is 11.8 Å². The van der Waals surface area contributed by atoms with Crippen molar-refractivity contribution in [1.29, 1.82) is 0 Å². The van der Waals surface area contributed by atoms with Crippen LogP contribution in [0.5, 0.6) is 0 Å². The van der Waals surface area contributed by atoms with Gasteiger partial charge in [-0.15, -0.1) is 0 Å². The Morgan fingerprint density at radius 2 is 2.00 bits per heavy atom. The van der Waals surface area contributed by atoms with Crippen LogP contribution in [-0.2, 0) is 9.84 Å². The van der Waals surface area contributed by atoms with Crippen LogP contribution in [0, 0.1) is 6.92 Å². The van der Waals surface area contributed by atoms with Crippen LogP contribution in [-0.4, -0.2) is 23.7 Å². The molecule has 0 aliphatic heterocycles. The number of aryl methyl sites for hydroxylation is 1. The first-order valence-corrected chi connectivity index (χ1v) is 7.46. The Hall–Kier alpha value is -0.430. The smallest absolute Gasteiger partial charge is 0.190 e. The standard InChI is InChI=1S/C10H11IO3S/c1-7-4-3-5-8(6-7)9(12)10(11)15(2,13)14/h3-6,10H,1-2H3/t10-/m0/s1. The van der Waals surface area contributed by atoms with Crippen LogP contribution >= 0.6 is 22.6 Å². The lowest BCUT2D eigenvalue weighted by atomic mass is 10.1. The van der Waals surface area contributed by atoms with E-state index in [2.05, 4.69) is 0 Å². The van der Waals surface area contributed by atoms with Crippen molar-refractivity contribution < 1.29 is 13.2 Å². The number of ketones is 1. The van der Waals surface area contributed by atoms with Gasteiger partial charge in [0.15, 0.2) is 18.9 Å². The largest absolute Gasteiger partial charge is 0.292 e. The maximum atomic E-state index is 11.8. The van der Waals surface area contributed by atoms with Gasteiger partial charge in [0.05, 0.1) is 0 Å². The zero-order valence-electron chi connectivity index (χ0n) is 8.40. The first kappa shape index (κ1) is 12.6. The lowest BCUT2D eigenvalue weighted by molar-refractivity contribution is 0.101. The zero-order chi connectivity index (χ0) is 11.6. The topological polar surface area (TPSA) is 51.2 Å². The van der Waals surface area contributed by atoms with E-state index in [9.17, 15) is 13.2 Å². The minimum Gasteiger partial charge on any atom is -0.292 e. The SMILES string of the molecule is Cc1cccc(C(=O)[C@@H](I)S(C)(=O)=O)c1. The summed E-state index contributed by atoms with van der Waals surface area (Å²) in [6.45, 7) is 1.86. The van der Waals surface area contributed by atoms with Gasteiger partial charge in [-0.1, -0.05) is 46.4 Å². The predicted octanol–water partition coefficient (Wildman–Crippen LogP) is 1.98. The van der Waals surface area contributed by atoms with Crippen molar-refractivity contribution in [3.05, 3.63) is 35.4 Å². The third-order valence-electron chi connectivity index (χ3n) is 1.88. The molecule has 1 atom stereocenters. The van der Waals surface area contributed by atoms with E-state index in [0.29, 0.717) is 5.56 Å². The van der Waals surface area contributed by atoms with Gasteiger partial charge in [0.1, 0.15) is 0 Å². The van der Waals surface area contributed by atoms with Crippen molar-refractivity contribution in [2.75, 3.05) is 6.26 Å². The Balaban J connectivity index is 3.06. The molecule has 15 heavy (non-hydrogen) atoms. The van der Waals surface area contributed by atoms with Crippen molar-refractivity contribution in [3.63, 3.8) is 0 Å². The van der Waals surface area contributed by atoms with Crippen LogP contribution < -0.4 is 0 Å². The summed E-state index contributed by atoms with van der Waals surface area (Å²) >= 11 is 1.65. The minimum absolute atomic E-state index is 0.359. The molecule has 0 radical (unpaired) electrons. The Morgan fingerprint density at radius 3 is 2.47 bits per heavy atom. The summed E-state index contributed by atoms with van der Waals surface area (Å²) in [5, 5.41) is 0. The number of rotatable bonds is 3. The van der Waals surface area contributed by atoms with Crippen LogP contribution in [0.4, 0.5) is 0 Å². The van der Waals surface area contributed by atoms with Crippen molar-refractivity contribution >= 4 is 38.2 Å². The molecule has 0 N–H and O–H groups in total. The molecular weight excluding hydrogens is 327 g/mol. The van der Waals surface area contributed by atoms with Gasteiger partial charge in [-0.2, -0.15) is 0 Å². The van der Waals surface area contributed by atoms with Crippen LogP contribution in [0.3, 0.4) is 0 Å². The highest BCUT2D eigenvalue weighted by Gasteiger charge is 2.26. The van der Waals surface area contributed by atoms with Crippen LogP contribution in [0.25, 0.3) is 0 Å².